The maximum atomic E-state index is 13.5. The average molecular weight is 355 g/mol. The van der Waals surface area contributed by atoms with Gasteiger partial charge < -0.3 is 9.72 Å². The van der Waals surface area contributed by atoms with Crippen molar-refractivity contribution in [2.45, 2.75) is 19.6 Å². The number of ether oxygens (including phenoxy) is 1. The first-order valence-electron chi connectivity index (χ1n) is 8.08. The minimum absolute atomic E-state index is 0.00524. The van der Waals surface area contributed by atoms with Gasteiger partial charge in [-0.2, -0.15) is 8.78 Å². The van der Waals surface area contributed by atoms with Crippen LogP contribution in [0.2, 0.25) is 0 Å². The SMILES string of the molecule is CC(OC(=O)c1cc2ccccc2[nH]1)c1nc2ccccc2n1C(F)F. The van der Waals surface area contributed by atoms with Crippen LogP contribution in [0.1, 0.15) is 35.9 Å². The zero-order valence-corrected chi connectivity index (χ0v) is 13.8. The molecule has 1 unspecified atom stereocenters. The van der Waals surface area contributed by atoms with Crippen molar-refractivity contribution in [2.75, 3.05) is 0 Å². The topological polar surface area (TPSA) is 59.9 Å². The molecule has 0 aliphatic heterocycles. The highest BCUT2D eigenvalue weighted by Gasteiger charge is 2.25. The summed E-state index contributed by atoms with van der Waals surface area (Å²) in [5, 5.41) is 0.868. The zero-order valence-electron chi connectivity index (χ0n) is 13.8. The molecule has 1 atom stereocenters. The van der Waals surface area contributed by atoms with Crippen molar-refractivity contribution in [3.63, 3.8) is 0 Å². The number of hydrogen-bond acceptors (Lipinski definition) is 3. The van der Waals surface area contributed by atoms with Gasteiger partial charge in [0.2, 0.25) is 0 Å². The number of alkyl halides is 2. The molecule has 132 valence electrons. The molecule has 0 aliphatic rings. The van der Waals surface area contributed by atoms with Gasteiger partial charge in [-0.05, 0) is 31.2 Å². The van der Waals surface area contributed by atoms with Crippen LogP contribution in [0.25, 0.3) is 21.9 Å². The number of fused-ring (bicyclic) bond motifs is 2. The lowest BCUT2D eigenvalue weighted by atomic mass is 10.2. The van der Waals surface area contributed by atoms with Crippen LogP contribution in [-0.4, -0.2) is 20.5 Å². The Balaban J connectivity index is 1.65. The lowest BCUT2D eigenvalue weighted by Gasteiger charge is -2.14. The number of carbonyl (C=O) groups is 1. The lowest BCUT2D eigenvalue weighted by molar-refractivity contribution is 0.0228. The number of para-hydroxylation sites is 3. The fourth-order valence-electron chi connectivity index (χ4n) is 3.02. The van der Waals surface area contributed by atoms with Crippen LogP contribution in [-0.2, 0) is 4.74 Å². The second kappa shape index (κ2) is 6.25. The number of aromatic nitrogens is 3. The first kappa shape index (κ1) is 16.3. The molecule has 0 saturated carbocycles. The van der Waals surface area contributed by atoms with E-state index in [1.807, 2.05) is 24.3 Å². The first-order valence-corrected chi connectivity index (χ1v) is 8.08. The van der Waals surface area contributed by atoms with Crippen molar-refractivity contribution in [1.29, 1.82) is 0 Å². The second-order valence-electron chi connectivity index (χ2n) is 5.92. The van der Waals surface area contributed by atoms with Gasteiger partial charge in [0, 0.05) is 10.9 Å². The van der Waals surface area contributed by atoms with E-state index in [1.165, 1.54) is 6.92 Å². The molecule has 0 bridgehead atoms. The van der Waals surface area contributed by atoms with Crippen molar-refractivity contribution in [1.82, 2.24) is 14.5 Å². The van der Waals surface area contributed by atoms with Crippen LogP contribution in [0.3, 0.4) is 0 Å². The van der Waals surface area contributed by atoms with Gasteiger partial charge in [0.1, 0.15) is 5.69 Å². The molecular formula is C19H15F2N3O2. The van der Waals surface area contributed by atoms with E-state index in [2.05, 4.69) is 9.97 Å². The molecule has 0 saturated heterocycles. The van der Waals surface area contributed by atoms with Crippen LogP contribution in [0.15, 0.2) is 54.6 Å². The number of carbonyl (C=O) groups excluding carboxylic acids is 1. The molecule has 0 amide bonds. The van der Waals surface area contributed by atoms with E-state index in [1.54, 1.807) is 30.3 Å². The molecule has 2 heterocycles. The summed E-state index contributed by atoms with van der Waals surface area (Å²) in [5.74, 6) is -0.618. The predicted molar refractivity (Wildman–Crippen MR) is 93.1 cm³/mol. The quantitative estimate of drug-likeness (QED) is 0.533. The van der Waals surface area contributed by atoms with E-state index in [-0.39, 0.29) is 11.5 Å². The molecule has 0 aliphatic carbocycles. The monoisotopic (exact) mass is 355 g/mol. The number of H-pyrrole nitrogens is 1. The highest BCUT2D eigenvalue weighted by Crippen LogP contribution is 2.28. The Labute approximate surface area is 147 Å². The Hall–Kier alpha value is -3.22. The fourth-order valence-corrected chi connectivity index (χ4v) is 3.02. The number of nitrogens with one attached hydrogen (secondary N) is 1. The molecule has 0 fully saturated rings. The molecule has 4 rings (SSSR count). The van der Waals surface area contributed by atoms with E-state index in [9.17, 15) is 13.6 Å². The molecule has 2 aromatic carbocycles. The number of benzene rings is 2. The number of esters is 1. The number of nitrogens with zero attached hydrogens (tertiary/aromatic N) is 2. The molecule has 5 nitrogen and oxygen atoms in total. The Bertz CT molecular complexity index is 1070. The van der Waals surface area contributed by atoms with E-state index in [0.717, 1.165) is 15.5 Å². The lowest BCUT2D eigenvalue weighted by Crippen LogP contribution is -2.14. The largest absolute Gasteiger partial charge is 0.450 e. The van der Waals surface area contributed by atoms with E-state index in [0.29, 0.717) is 11.0 Å². The second-order valence-corrected chi connectivity index (χ2v) is 5.92. The summed E-state index contributed by atoms with van der Waals surface area (Å²) in [6.45, 7) is -1.26. The minimum atomic E-state index is -2.79. The average Bonchev–Trinajstić information content (AvgIpc) is 3.23. The van der Waals surface area contributed by atoms with Gasteiger partial charge in [-0.3, -0.25) is 4.57 Å². The van der Waals surface area contributed by atoms with Crippen molar-refractivity contribution in [3.8, 4) is 0 Å². The summed E-state index contributed by atoms with van der Waals surface area (Å²) < 4.78 is 33.2. The van der Waals surface area contributed by atoms with Gasteiger partial charge in [-0.1, -0.05) is 30.3 Å². The van der Waals surface area contributed by atoms with E-state index >= 15 is 0 Å². The predicted octanol–water partition coefficient (Wildman–Crippen LogP) is 4.83. The van der Waals surface area contributed by atoms with Crippen molar-refractivity contribution < 1.29 is 18.3 Å². The van der Waals surface area contributed by atoms with Crippen molar-refractivity contribution in [3.05, 3.63) is 66.1 Å². The molecule has 1 N–H and O–H groups in total. The van der Waals surface area contributed by atoms with E-state index < -0.39 is 18.6 Å². The normalized spacial score (nSPS) is 12.8. The van der Waals surface area contributed by atoms with Gasteiger partial charge in [0.25, 0.3) is 0 Å². The maximum Gasteiger partial charge on any atom is 0.355 e. The highest BCUT2D eigenvalue weighted by molar-refractivity contribution is 5.94. The Kier molecular flexibility index (Phi) is 3.91. The van der Waals surface area contributed by atoms with Crippen LogP contribution in [0.4, 0.5) is 8.78 Å². The van der Waals surface area contributed by atoms with Gasteiger partial charge in [-0.15, -0.1) is 0 Å². The van der Waals surface area contributed by atoms with E-state index in [4.69, 9.17) is 4.74 Å². The molecular weight excluding hydrogens is 340 g/mol. The Morgan fingerprint density at radius 2 is 1.88 bits per heavy atom. The van der Waals surface area contributed by atoms with Gasteiger partial charge in [0.05, 0.1) is 11.0 Å². The Morgan fingerprint density at radius 3 is 2.65 bits per heavy atom. The molecule has 4 aromatic rings. The molecule has 0 spiro atoms. The first-order chi connectivity index (χ1) is 12.5. The third kappa shape index (κ3) is 2.71. The molecule has 2 aromatic heterocycles. The number of hydrogen-bond donors (Lipinski definition) is 1. The summed E-state index contributed by atoms with van der Waals surface area (Å²) in [6.07, 6.45) is -0.935. The van der Waals surface area contributed by atoms with Gasteiger partial charge >= 0.3 is 12.5 Å². The number of rotatable bonds is 4. The summed E-state index contributed by atoms with van der Waals surface area (Å²) in [5.41, 5.74) is 1.78. The molecule has 7 heteroatoms. The summed E-state index contributed by atoms with van der Waals surface area (Å²) in [4.78, 5) is 19.6. The fraction of sp³-hybridized carbons (Fsp3) is 0.158. The summed E-state index contributed by atoms with van der Waals surface area (Å²) >= 11 is 0. The number of aromatic amines is 1. The van der Waals surface area contributed by atoms with Gasteiger partial charge in [0.15, 0.2) is 11.9 Å². The summed E-state index contributed by atoms with van der Waals surface area (Å²) in [7, 11) is 0. The third-order valence-electron chi connectivity index (χ3n) is 4.22. The molecule has 26 heavy (non-hydrogen) atoms. The number of imidazole rings is 1. The van der Waals surface area contributed by atoms with Crippen LogP contribution in [0, 0.1) is 0 Å². The molecule has 0 radical (unpaired) electrons. The van der Waals surface area contributed by atoms with Crippen molar-refractivity contribution >= 4 is 27.9 Å². The van der Waals surface area contributed by atoms with Crippen LogP contribution in [0.5, 0.6) is 0 Å². The highest BCUT2D eigenvalue weighted by atomic mass is 19.3. The summed E-state index contributed by atoms with van der Waals surface area (Å²) in [6, 6.07) is 15.7. The number of halogens is 2. The zero-order chi connectivity index (χ0) is 18.3. The van der Waals surface area contributed by atoms with Crippen LogP contribution >= 0.6 is 0 Å². The smallest absolute Gasteiger partial charge is 0.355 e. The Morgan fingerprint density at radius 1 is 1.15 bits per heavy atom. The third-order valence-corrected chi connectivity index (χ3v) is 4.22. The maximum absolute atomic E-state index is 13.5. The minimum Gasteiger partial charge on any atom is -0.450 e. The van der Waals surface area contributed by atoms with Gasteiger partial charge in [-0.25, -0.2) is 9.78 Å². The van der Waals surface area contributed by atoms with Crippen molar-refractivity contribution in [2.24, 2.45) is 0 Å². The standard InChI is InChI=1S/C19H15F2N3O2/c1-11(17-23-14-8-4-5-9-16(14)24(17)19(20)21)26-18(25)15-10-12-6-2-3-7-13(12)22-15/h2-11,19,22H,1H3. The van der Waals surface area contributed by atoms with Crippen LogP contribution < -0.4 is 0 Å².